The molecule has 1 heterocycles. The molecule has 1 unspecified atom stereocenters. The molecule has 1 saturated heterocycles. The summed E-state index contributed by atoms with van der Waals surface area (Å²) in [5, 5.41) is 3.06. The molecule has 0 bridgehead atoms. The minimum Gasteiger partial charge on any atom is -0.348 e. The van der Waals surface area contributed by atoms with E-state index in [0.29, 0.717) is 24.6 Å². The van der Waals surface area contributed by atoms with Crippen molar-refractivity contribution in [2.24, 2.45) is 5.73 Å². The first-order valence-corrected chi connectivity index (χ1v) is 8.08. The molecule has 5 nitrogen and oxygen atoms in total. The van der Waals surface area contributed by atoms with Crippen molar-refractivity contribution in [2.75, 3.05) is 18.2 Å². The Morgan fingerprint density at radius 2 is 2.00 bits per heavy atom. The number of hydrogen-bond acceptors (Lipinski definition) is 4. The van der Waals surface area contributed by atoms with Gasteiger partial charge in [-0.2, -0.15) is 0 Å². The summed E-state index contributed by atoms with van der Waals surface area (Å²) in [5.41, 5.74) is 5.45. The summed E-state index contributed by atoms with van der Waals surface area (Å²) >= 11 is 1.62. The fourth-order valence-electron chi connectivity index (χ4n) is 2.22. The van der Waals surface area contributed by atoms with Crippen LogP contribution < -0.4 is 11.1 Å². The van der Waals surface area contributed by atoms with Crippen molar-refractivity contribution in [3.05, 3.63) is 0 Å². The second kappa shape index (κ2) is 7.14. The Hall–Kier alpha value is -0.750. The van der Waals surface area contributed by atoms with E-state index in [0.717, 1.165) is 12.8 Å². The minimum atomic E-state index is -0.346. The largest absolute Gasteiger partial charge is 0.348 e. The van der Waals surface area contributed by atoms with E-state index in [1.165, 1.54) is 0 Å². The van der Waals surface area contributed by atoms with Gasteiger partial charge in [-0.3, -0.25) is 9.59 Å². The monoisotopic (exact) mass is 287 g/mol. The highest BCUT2D eigenvalue weighted by molar-refractivity contribution is 7.99. The molecule has 0 saturated carbocycles. The number of nitrogens with zero attached hydrogens (tertiary/aromatic N) is 1. The molecule has 110 valence electrons. The first kappa shape index (κ1) is 16.3. The number of nitrogens with two attached hydrogens (primary N) is 1. The van der Waals surface area contributed by atoms with Crippen molar-refractivity contribution in [1.29, 1.82) is 0 Å². The van der Waals surface area contributed by atoms with Gasteiger partial charge in [-0.1, -0.05) is 20.8 Å². The predicted octanol–water partition coefficient (Wildman–Crippen LogP) is 0.932. The van der Waals surface area contributed by atoms with E-state index in [-0.39, 0.29) is 23.4 Å². The van der Waals surface area contributed by atoms with Crippen molar-refractivity contribution < 1.29 is 9.59 Å². The van der Waals surface area contributed by atoms with Crippen LogP contribution in [0.15, 0.2) is 0 Å². The zero-order valence-electron chi connectivity index (χ0n) is 12.1. The van der Waals surface area contributed by atoms with Crippen molar-refractivity contribution in [1.82, 2.24) is 10.2 Å². The van der Waals surface area contributed by atoms with Crippen molar-refractivity contribution in [3.63, 3.8) is 0 Å². The van der Waals surface area contributed by atoms with Gasteiger partial charge >= 0.3 is 0 Å². The van der Waals surface area contributed by atoms with Crippen LogP contribution in [0.4, 0.5) is 0 Å². The van der Waals surface area contributed by atoms with E-state index in [1.807, 2.05) is 20.8 Å². The number of rotatable bonds is 6. The van der Waals surface area contributed by atoms with Crippen LogP contribution in [0.25, 0.3) is 0 Å². The van der Waals surface area contributed by atoms with Crippen LogP contribution in [-0.2, 0) is 9.59 Å². The van der Waals surface area contributed by atoms with Crippen LogP contribution in [0, 0.1) is 0 Å². The fraction of sp³-hybridized carbons (Fsp3) is 0.846. The first-order valence-electron chi connectivity index (χ1n) is 6.92. The molecule has 19 heavy (non-hydrogen) atoms. The van der Waals surface area contributed by atoms with Gasteiger partial charge in [-0.05, 0) is 12.8 Å². The Balaban J connectivity index is 2.74. The third-order valence-electron chi connectivity index (χ3n) is 3.94. The van der Waals surface area contributed by atoms with Gasteiger partial charge in [0.25, 0.3) is 0 Å². The number of nitrogens with one attached hydrogen (secondary N) is 1. The van der Waals surface area contributed by atoms with Gasteiger partial charge in [0.05, 0.1) is 11.4 Å². The molecule has 1 fully saturated rings. The van der Waals surface area contributed by atoms with Gasteiger partial charge in [0.15, 0.2) is 0 Å². The third kappa shape index (κ3) is 3.63. The van der Waals surface area contributed by atoms with Gasteiger partial charge in [0.2, 0.25) is 11.8 Å². The van der Waals surface area contributed by atoms with E-state index < -0.39 is 0 Å². The summed E-state index contributed by atoms with van der Waals surface area (Å²) < 4.78 is 0. The standard InChI is InChI=1S/C13H25N3O2S/c1-4-11(17)16-9-19-7-10(16)12(18)15-13(5-2,6-3)8-14/h10H,4-9,14H2,1-3H3,(H,15,18). The summed E-state index contributed by atoms with van der Waals surface area (Å²) in [4.78, 5) is 25.9. The molecule has 0 radical (unpaired) electrons. The number of amides is 2. The fourth-order valence-corrected chi connectivity index (χ4v) is 3.40. The molecule has 2 amide bonds. The molecule has 1 aliphatic rings. The average molecular weight is 287 g/mol. The zero-order valence-corrected chi connectivity index (χ0v) is 12.9. The van der Waals surface area contributed by atoms with Crippen molar-refractivity contribution in [2.45, 2.75) is 51.6 Å². The molecule has 0 spiro atoms. The van der Waals surface area contributed by atoms with E-state index >= 15 is 0 Å². The summed E-state index contributed by atoms with van der Waals surface area (Å²) in [5.74, 6) is 1.25. The van der Waals surface area contributed by atoms with Gasteiger partial charge in [-0.15, -0.1) is 11.8 Å². The molecule has 6 heteroatoms. The molecule has 0 aliphatic carbocycles. The molecule has 3 N–H and O–H groups in total. The lowest BCUT2D eigenvalue weighted by atomic mass is 9.92. The van der Waals surface area contributed by atoms with E-state index in [1.54, 1.807) is 16.7 Å². The predicted molar refractivity (Wildman–Crippen MR) is 78.8 cm³/mol. The van der Waals surface area contributed by atoms with Crippen LogP contribution in [-0.4, -0.2) is 46.5 Å². The Morgan fingerprint density at radius 1 is 1.37 bits per heavy atom. The van der Waals surface area contributed by atoms with Crippen molar-refractivity contribution in [3.8, 4) is 0 Å². The maximum Gasteiger partial charge on any atom is 0.244 e. The lowest BCUT2D eigenvalue weighted by molar-refractivity contribution is -0.138. The summed E-state index contributed by atoms with van der Waals surface area (Å²) in [6, 6.07) is -0.346. The van der Waals surface area contributed by atoms with E-state index in [4.69, 9.17) is 5.73 Å². The number of hydrogen-bond donors (Lipinski definition) is 2. The maximum atomic E-state index is 12.4. The molecule has 1 atom stereocenters. The van der Waals surface area contributed by atoms with Gasteiger partial charge < -0.3 is 16.0 Å². The molecule has 1 aliphatic heterocycles. The van der Waals surface area contributed by atoms with Crippen LogP contribution in [0.5, 0.6) is 0 Å². The second-order valence-electron chi connectivity index (χ2n) is 4.91. The highest BCUT2D eigenvalue weighted by Crippen LogP contribution is 2.23. The topological polar surface area (TPSA) is 75.4 Å². The second-order valence-corrected chi connectivity index (χ2v) is 5.91. The summed E-state index contributed by atoms with van der Waals surface area (Å²) in [6.45, 7) is 6.29. The zero-order chi connectivity index (χ0) is 14.5. The molecule has 1 rings (SSSR count). The smallest absolute Gasteiger partial charge is 0.244 e. The molecule has 0 aromatic carbocycles. The number of carbonyl (C=O) groups excluding carboxylic acids is 2. The molecular formula is C13H25N3O2S. The van der Waals surface area contributed by atoms with Crippen LogP contribution in [0.3, 0.4) is 0 Å². The molecule has 0 aromatic rings. The quantitative estimate of drug-likeness (QED) is 0.762. The van der Waals surface area contributed by atoms with E-state index in [9.17, 15) is 9.59 Å². The van der Waals surface area contributed by atoms with Crippen LogP contribution in [0.1, 0.15) is 40.0 Å². The van der Waals surface area contributed by atoms with Crippen LogP contribution in [0.2, 0.25) is 0 Å². The SMILES string of the molecule is CCC(=O)N1CSCC1C(=O)NC(CC)(CC)CN. The van der Waals surface area contributed by atoms with Gasteiger partial charge in [0.1, 0.15) is 6.04 Å². The Bertz CT molecular complexity index is 324. The van der Waals surface area contributed by atoms with E-state index in [2.05, 4.69) is 5.32 Å². The first-order chi connectivity index (χ1) is 9.03. The lowest BCUT2D eigenvalue weighted by Crippen LogP contribution is -2.58. The minimum absolute atomic E-state index is 0.0384. The summed E-state index contributed by atoms with van der Waals surface area (Å²) in [6.07, 6.45) is 2.04. The highest BCUT2D eigenvalue weighted by atomic mass is 32.2. The summed E-state index contributed by atoms with van der Waals surface area (Å²) in [7, 11) is 0. The number of thioether (sulfide) groups is 1. The highest BCUT2D eigenvalue weighted by Gasteiger charge is 2.37. The Kier molecular flexibility index (Phi) is 6.13. The number of carbonyl (C=O) groups is 2. The Labute approximate surface area is 119 Å². The molecule has 0 aromatic heterocycles. The lowest BCUT2D eigenvalue weighted by Gasteiger charge is -2.34. The van der Waals surface area contributed by atoms with Gasteiger partial charge in [-0.25, -0.2) is 0 Å². The van der Waals surface area contributed by atoms with Crippen LogP contribution >= 0.6 is 11.8 Å². The Morgan fingerprint density at radius 3 is 2.47 bits per heavy atom. The van der Waals surface area contributed by atoms with Gasteiger partial charge in [0, 0.05) is 18.7 Å². The van der Waals surface area contributed by atoms with Crippen molar-refractivity contribution >= 4 is 23.6 Å². The third-order valence-corrected chi connectivity index (χ3v) is 4.95. The maximum absolute atomic E-state index is 12.4. The molecular weight excluding hydrogens is 262 g/mol. The normalized spacial score (nSPS) is 19.6. The average Bonchev–Trinajstić information content (AvgIpc) is 2.93.